The van der Waals surface area contributed by atoms with Gasteiger partial charge in [-0.1, -0.05) is 35.9 Å². The van der Waals surface area contributed by atoms with E-state index in [0.29, 0.717) is 16.3 Å². The van der Waals surface area contributed by atoms with E-state index in [2.05, 4.69) is 10.6 Å². The first-order valence-electron chi connectivity index (χ1n) is 7.19. The molecule has 2 N–H and O–H groups in total. The van der Waals surface area contributed by atoms with Crippen molar-refractivity contribution in [1.82, 2.24) is 10.6 Å². The number of ether oxygens (including phenoxy) is 1. The Morgan fingerprint density at radius 2 is 1.75 bits per heavy atom. The van der Waals surface area contributed by atoms with Crippen LogP contribution in [0.5, 0.6) is 5.75 Å². The summed E-state index contributed by atoms with van der Waals surface area (Å²) >= 11 is 5.85. The van der Waals surface area contributed by atoms with E-state index in [1.807, 2.05) is 0 Å². The van der Waals surface area contributed by atoms with Gasteiger partial charge in [-0.25, -0.2) is 0 Å². The topological polar surface area (TPSA) is 67.4 Å². The van der Waals surface area contributed by atoms with Gasteiger partial charge < -0.3 is 15.4 Å². The van der Waals surface area contributed by atoms with E-state index in [1.165, 1.54) is 14.2 Å². The monoisotopic (exact) mass is 344 g/mol. The minimum absolute atomic E-state index is 0.121. The van der Waals surface area contributed by atoms with Crippen LogP contribution >= 0.6 is 11.6 Å². The highest BCUT2D eigenvalue weighted by Gasteiger charge is 2.16. The van der Waals surface area contributed by atoms with Gasteiger partial charge in [0, 0.05) is 12.1 Å². The second-order valence-corrected chi connectivity index (χ2v) is 5.28. The third kappa shape index (κ3) is 4.36. The van der Waals surface area contributed by atoms with Crippen molar-refractivity contribution in [3.05, 3.63) is 70.4 Å². The van der Waals surface area contributed by atoms with Gasteiger partial charge in [-0.05, 0) is 35.9 Å². The lowest BCUT2D eigenvalue weighted by molar-refractivity contribution is -0.117. The molecule has 0 aliphatic carbocycles. The lowest BCUT2D eigenvalue weighted by Crippen LogP contribution is -2.33. The molecular weight excluding hydrogens is 328 g/mol. The van der Waals surface area contributed by atoms with Crippen LogP contribution in [0.4, 0.5) is 0 Å². The first kappa shape index (κ1) is 17.6. The maximum Gasteiger partial charge on any atom is 0.267 e. The van der Waals surface area contributed by atoms with Gasteiger partial charge >= 0.3 is 0 Å². The van der Waals surface area contributed by atoms with Crippen molar-refractivity contribution in [3.8, 4) is 5.75 Å². The zero-order valence-corrected chi connectivity index (χ0v) is 14.1. The summed E-state index contributed by atoms with van der Waals surface area (Å²) < 4.78 is 5.17. The quantitative estimate of drug-likeness (QED) is 0.820. The van der Waals surface area contributed by atoms with Crippen molar-refractivity contribution in [1.29, 1.82) is 0 Å². The maximum absolute atomic E-state index is 12.5. The summed E-state index contributed by atoms with van der Waals surface area (Å²) in [6, 6.07) is 13.7. The molecule has 0 unspecified atom stereocenters. The highest BCUT2D eigenvalue weighted by atomic mass is 35.5. The van der Waals surface area contributed by atoms with Crippen molar-refractivity contribution in [2.45, 2.75) is 0 Å². The fraction of sp³-hybridized carbons (Fsp3) is 0.111. The van der Waals surface area contributed by atoms with Gasteiger partial charge in [0.15, 0.2) is 0 Å². The fourth-order valence-corrected chi connectivity index (χ4v) is 2.17. The molecule has 0 aromatic heterocycles. The molecule has 2 aromatic rings. The summed E-state index contributed by atoms with van der Waals surface area (Å²) in [5.74, 6) is -0.415. The molecule has 0 aliphatic rings. The minimum atomic E-state index is -0.434. The third-order valence-corrected chi connectivity index (χ3v) is 3.50. The van der Waals surface area contributed by atoms with Crippen molar-refractivity contribution in [2.75, 3.05) is 14.2 Å². The number of amides is 2. The predicted octanol–water partition coefficient (Wildman–Crippen LogP) is 2.87. The summed E-state index contributed by atoms with van der Waals surface area (Å²) in [6.45, 7) is 0. The van der Waals surface area contributed by atoms with E-state index < -0.39 is 11.8 Å². The molecule has 2 aromatic carbocycles. The average Bonchev–Trinajstić information content (AvgIpc) is 2.62. The Hall–Kier alpha value is -2.79. The van der Waals surface area contributed by atoms with Gasteiger partial charge in [-0.2, -0.15) is 0 Å². The highest BCUT2D eigenvalue weighted by molar-refractivity contribution is 6.30. The second kappa shape index (κ2) is 8.17. The molecule has 5 nitrogen and oxygen atoms in total. The molecule has 0 heterocycles. The standard InChI is InChI=1S/C18H17ClN2O3/c1-20-18(23)15(11-12-7-9-13(19)10-8-12)21-17(22)14-5-3-4-6-16(14)24-2/h3-11H,1-2H3,(H,20,23)(H,21,22). The van der Waals surface area contributed by atoms with Crippen molar-refractivity contribution in [3.63, 3.8) is 0 Å². The summed E-state index contributed by atoms with van der Waals surface area (Å²) in [7, 11) is 2.97. The zero-order valence-electron chi connectivity index (χ0n) is 13.3. The Morgan fingerprint density at radius 1 is 1.08 bits per heavy atom. The number of para-hydroxylation sites is 1. The number of carbonyl (C=O) groups is 2. The molecule has 0 atom stereocenters. The largest absolute Gasteiger partial charge is 0.496 e. The van der Waals surface area contributed by atoms with Crippen molar-refractivity contribution >= 4 is 29.5 Å². The van der Waals surface area contributed by atoms with Crippen LogP contribution in [0.25, 0.3) is 6.08 Å². The van der Waals surface area contributed by atoms with Crippen molar-refractivity contribution in [2.24, 2.45) is 0 Å². The highest BCUT2D eigenvalue weighted by Crippen LogP contribution is 2.18. The molecule has 0 spiro atoms. The van der Waals surface area contributed by atoms with Gasteiger partial charge in [0.1, 0.15) is 11.4 Å². The maximum atomic E-state index is 12.5. The van der Waals surface area contributed by atoms with Crippen LogP contribution in [0, 0.1) is 0 Å². The smallest absolute Gasteiger partial charge is 0.267 e. The zero-order chi connectivity index (χ0) is 17.5. The second-order valence-electron chi connectivity index (χ2n) is 4.84. The molecule has 0 fully saturated rings. The number of methoxy groups -OCH3 is 1. The Kier molecular flexibility index (Phi) is 5.98. The molecule has 0 saturated heterocycles. The summed E-state index contributed by atoms with van der Waals surface area (Å²) in [6.07, 6.45) is 1.57. The van der Waals surface area contributed by atoms with Gasteiger partial charge in [0.2, 0.25) is 0 Å². The lowest BCUT2D eigenvalue weighted by atomic mass is 10.1. The van der Waals surface area contributed by atoms with Crippen LogP contribution in [0.15, 0.2) is 54.2 Å². The molecule has 0 bridgehead atoms. The fourth-order valence-electron chi connectivity index (χ4n) is 2.04. The first-order valence-corrected chi connectivity index (χ1v) is 7.56. The van der Waals surface area contributed by atoms with E-state index in [-0.39, 0.29) is 5.70 Å². The Labute approximate surface area is 145 Å². The number of hydrogen-bond donors (Lipinski definition) is 2. The normalized spacial score (nSPS) is 10.9. The average molecular weight is 345 g/mol. The first-order chi connectivity index (χ1) is 11.5. The van der Waals surface area contributed by atoms with E-state index in [1.54, 1.807) is 54.6 Å². The summed E-state index contributed by atoms with van der Waals surface area (Å²) in [4.78, 5) is 24.5. The molecule has 124 valence electrons. The van der Waals surface area contributed by atoms with Crippen molar-refractivity contribution < 1.29 is 14.3 Å². The molecule has 0 saturated carbocycles. The summed E-state index contributed by atoms with van der Waals surface area (Å²) in [5, 5.41) is 5.71. The lowest BCUT2D eigenvalue weighted by Gasteiger charge is -2.11. The van der Waals surface area contributed by atoms with Gasteiger partial charge in [0.05, 0.1) is 12.7 Å². The van der Waals surface area contributed by atoms with Crippen LogP contribution in [-0.2, 0) is 4.79 Å². The SMILES string of the molecule is CNC(=O)C(=Cc1ccc(Cl)cc1)NC(=O)c1ccccc1OC. The number of hydrogen-bond acceptors (Lipinski definition) is 3. The van der Waals surface area contributed by atoms with Crippen LogP contribution < -0.4 is 15.4 Å². The number of nitrogens with one attached hydrogen (secondary N) is 2. The third-order valence-electron chi connectivity index (χ3n) is 3.25. The van der Waals surface area contributed by atoms with Crippen LogP contribution in [0.1, 0.15) is 15.9 Å². The summed E-state index contributed by atoms with van der Waals surface area (Å²) in [5.41, 5.74) is 1.19. The predicted molar refractivity (Wildman–Crippen MR) is 94.0 cm³/mol. The molecule has 0 aliphatic heterocycles. The number of likely N-dealkylation sites (N-methyl/N-ethyl adjacent to an activating group) is 1. The molecular formula is C18H17ClN2O3. The molecule has 2 amide bonds. The molecule has 0 radical (unpaired) electrons. The van der Waals surface area contributed by atoms with Crippen LogP contribution in [0.2, 0.25) is 5.02 Å². The van der Waals surface area contributed by atoms with Gasteiger partial charge in [0.25, 0.3) is 11.8 Å². The van der Waals surface area contributed by atoms with Crippen LogP contribution in [-0.4, -0.2) is 26.0 Å². The molecule has 24 heavy (non-hydrogen) atoms. The van der Waals surface area contributed by atoms with Crippen LogP contribution in [0.3, 0.4) is 0 Å². The van der Waals surface area contributed by atoms with E-state index in [4.69, 9.17) is 16.3 Å². The van der Waals surface area contributed by atoms with Gasteiger partial charge in [-0.15, -0.1) is 0 Å². The number of carbonyl (C=O) groups excluding carboxylic acids is 2. The Balaban J connectivity index is 2.30. The van der Waals surface area contributed by atoms with E-state index in [9.17, 15) is 9.59 Å². The molecule has 2 rings (SSSR count). The van der Waals surface area contributed by atoms with E-state index >= 15 is 0 Å². The minimum Gasteiger partial charge on any atom is -0.496 e. The number of halogens is 1. The number of rotatable bonds is 5. The Morgan fingerprint density at radius 3 is 2.38 bits per heavy atom. The number of benzene rings is 2. The molecule has 6 heteroatoms. The van der Waals surface area contributed by atoms with Gasteiger partial charge in [-0.3, -0.25) is 9.59 Å². The van der Waals surface area contributed by atoms with E-state index in [0.717, 1.165) is 5.56 Å². The Bertz CT molecular complexity index is 770.